The Labute approximate surface area is 171 Å². The zero-order valence-electron chi connectivity index (χ0n) is 15.8. The summed E-state index contributed by atoms with van der Waals surface area (Å²) in [6.45, 7) is 1.71. The van der Waals surface area contributed by atoms with Gasteiger partial charge in [0.1, 0.15) is 11.4 Å². The lowest BCUT2D eigenvalue weighted by Crippen LogP contribution is -2.26. The molecule has 9 nitrogen and oxygen atoms in total. The number of aryl methyl sites for hydroxylation is 1. The molecular formula is C21H17N3O6. The number of anilines is 1. The van der Waals surface area contributed by atoms with Crippen molar-refractivity contribution in [2.45, 2.75) is 13.0 Å². The molecule has 152 valence electrons. The van der Waals surface area contributed by atoms with Crippen LogP contribution in [0.2, 0.25) is 0 Å². The van der Waals surface area contributed by atoms with Crippen LogP contribution in [0.4, 0.5) is 17.1 Å². The Bertz CT molecular complexity index is 1080. The molecule has 0 spiro atoms. The molecule has 0 radical (unpaired) electrons. The van der Waals surface area contributed by atoms with Crippen LogP contribution < -0.4 is 10.1 Å². The third kappa shape index (κ3) is 4.76. The summed E-state index contributed by atoms with van der Waals surface area (Å²) in [5, 5.41) is 24.7. The van der Waals surface area contributed by atoms with Crippen molar-refractivity contribution in [3.8, 4) is 5.75 Å². The van der Waals surface area contributed by atoms with E-state index in [-0.39, 0.29) is 22.8 Å². The van der Waals surface area contributed by atoms with E-state index >= 15 is 0 Å². The summed E-state index contributed by atoms with van der Waals surface area (Å²) in [5.74, 6) is -0.380. The van der Waals surface area contributed by atoms with Crippen LogP contribution in [0, 0.1) is 27.2 Å². The first-order chi connectivity index (χ1) is 14.3. The number of nitro benzene ring substituents is 2. The number of amides is 1. The van der Waals surface area contributed by atoms with Crippen molar-refractivity contribution >= 4 is 23.0 Å². The summed E-state index contributed by atoms with van der Waals surface area (Å²) in [6.07, 6.45) is -1.13. The Kier molecular flexibility index (Phi) is 6.02. The summed E-state index contributed by atoms with van der Waals surface area (Å²) < 4.78 is 5.79. The maximum atomic E-state index is 13.0. The van der Waals surface area contributed by atoms with Gasteiger partial charge in [0.25, 0.3) is 17.3 Å². The molecule has 3 rings (SSSR count). The number of nitrogens with zero attached hydrogens (tertiary/aromatic N) is 2. The van der Waals surface area contributed by atoms with E-state index in [1.165, 1.54) is 36.4 Å². The summed E-state index contributed by atoms with van der Waals surface area (Å²) in [7, 11) is 0. The third-order valence-corrected chi connectivity index (χ3v) is 4.25. The minimum absolute atomic E-state index is 0.0452. The number of hydrogen-bond donors (Lipinski definition) is 1. The molecule has 0 aliphatic rings. The number of non-ortho nitro benzene ring substituents is 1. The van der Waals surface area contributed by atoms with Crippen molar-refractivity contribution in [2.75, 3.05) is 5.32 Å². The zero-order valence-corrected chi connectivity index (χ0v) is 15.8. The number of rotatable bonds is 7. The van der Waals surface area contributed by atoms with Gasteiger partial charge in [0, 0.05) is 23.8 Å². The van der Waals surface area contributed by atoms with Gasteiger partial charge in [0.15, 0.2) is 0 Å². The van der Waals surface area contributed by atoms with E-state index in [2.05, 4.69) is 5.32 Å². The highest BCUT2D eigenvalue weighted by molar-refractivity contribution is 5.97. The van der Waals surface area contributed by atoms with Gasteiger partial charge in [0.2, 0.25) is 6.10 Å². The molecule has 9 heteroatoms. The lowest BCUT2D eigenvalue weighted by atomic mass is 10.1. The fourth-order valence-electron chi connectivity index (χ4n) is 2.78. The molecule has 0 aromatic heterocycles. The number of hydrogen-bond acceptors (Lipinski definition) is 6. The van der Waals surface area contributed by atoms with Crippen LogP contribution in [-0.4, -0.2) is 15.8 Å². The van der Waals surface area contributed by atoms with Gasteiger partial charge in [-0.1, -0.05) is 36.4 Å². The quantitative estimate of drug-likeness (QED) is 0.452. The molecule has 3 aromatic carbocycles. The predicted octanol–water partition coefficient (Wildman–Crippen LogP) is 4.57. The summed E-state index contributed by atoms with van der Waals surface area (Å²) in [4.78, 5) is 34.0. The molecule has 0 unspecified atom stereocenters. The SMILES string of the molecule is Cc1ccc(NC(=O)[C@@H](Oc2ccc([N+](=O)[O-])cc2)c2ccccc2)c([N+](=O)[O-])c1. The third-order valence-electron chi connectivity index (χ3n) is 4.25. The second-order valence-corrected chi connectivity index (χ2v) is 6.43. The molecule has 30 heavy (non-hydrogen) atoms. The van der Waals surface area contributed by atoms with E-state index in [4.69, 9.17) is 4.74 Å². The largest absolute Gasteiger partial charge is 0.476 e. The average molecular weight is 407 g/mol. The van der Waals surface area contributed by atoms with Crippen LogP contribution in [0.25, 0.3) is 0 Å². The first-order valence-electron chi connectivity index (χ1n) is 8.87. The topological polar surface area (TPSA) is 125 Å². The summed E-state index contributed by atoms with van der Waals surface area (Å²) >= 11 is 0. The standard InChI is InChI=1S/C21H17N3O6/c1-14-7-12-18(19(13-14)24(28)29)22-21(25)20(15-5-3-2-4-6-15)30-17-10-8-16(9-11-17)23(26)27/h2-13,20H,1H3,(H,22,25)/t20-/m0/s1. The highest BCUT2D eigenvalue weighted by Gasteiger charge is 2.26. The van der Waals surface area contributed by atoms with Gasteiger partial charge in [-0.05, 0) is 30.7 Å². The molecule has 0 aliphatic carbocycles. The van der Waals surface area contributed by atoms with Crippen LogP contribution in [0.15, 0.2) is 72.8 Å². The molecule has 0 saturated carbocycles. The van der Waals surface area contributed by atoms with Gasteiger partial charge >= 0.3 is 0 Å². The Morgan fingerprint density at radius 1 is 0.933 bits per heavy atom. The Hall–Kier alpha value is -4.27. The minimum Gasteiger partial charge on any atom is -0.476 e. The number of benzene rings is 3. The van der Waals surface area contributed by atoms with Crippen LogP contribution in [0.3, 0.4) is 0 Å². The lowest BCUT2D eigenvalue weighted by molar-refractivity contribution is -0.384. The molecule has 0 bridgehead atoms. The van der Waals surface area contributed by atoms with E-state index in [0.29, 0.717) is 11.1 Å². The maximum Gasteiger partial charge on any atom is 0.293 e. The first-order valence-corrected chi connectivity index (χ1v) is 8.87. The molecule has 0 fully saturated rings. The number of ether oxygens (including phenoxy) is 1. The molecule has 0 heterocycles. The minimum atomic E-state index is -1.13. The van der Waals surface area contributed by atoms with E-state index < -0.39 is 21.9 Å². The van der Waals surface area contributed by atoms with Crippen molar-refractivity contribution in [1.29, 1.82) is 0 Å². The molecule has 1 atom stereocenters. The predicted molar refractivity (Wildman–Crippen MR) is 109 cm³/mol. The van der Waals surface area contributed by atoms with Gasteiger partial charge < -0.3 is 10.1 Å². The number of carbonyl (C=O) groups excluding carboxylic acids is 1. The van der Waals surface area contributed by atoms with Crippen molar-refractivity contribution in [2.24, 2.45) is 0 Å². The summed E-state index contributed by atoms with van der Waals surface area (Å²) in [5.41, 5.74) is 0.900. The zero-order chi connectivity index (χ0) is 21.7. The van der Waals surface area contributed by atoms with Crippen LogP contribution in [0.1, 0.15) is 17.2 Å². The Balaban J connectivity index is 1.90. The second kappa shape index (κ2) is 8.82. The maximum absolute atomic E-state index is 13.0. The van der Waals surface area contributed by atoms with Gasteiger partial charge in [-0.25, -0.2) is 0 Å². The van der Waals surface area contributed by atoms with Crippen molar-refractivity contribution in [1.82, 2.24) is 0 Å². The van der Waals surface area contributed by atoms with Crippen LogP contribution >= 0.6 is 0 Å². The lowest BCUT2D eigenvalue weighted by Gasteiger charge is -2.19. The van der Waals surface area contributed by atoms with Crippen molar-refractivity contribution in [3.63, 3.8) is 0 Å². The fraction of sp³-hybridized carbons (Fsp3) is 0.0952. The van der Waals surface area contributed by atoms with Gasteiger partial charge in [0.05, 0.1) is 9.85 Å². The molecule has 1 N–H and O–H groups in total. The molecule has 0 saturated heterocycles. The summed E-state index contributed by atoms with van der Waals surface area (Å²) in [6, 6.07) is 18.4. The van der Waals surface area contributed by atoms with Gasteiger partial charge in [-0.15, -0.1) is 0 Å². The molecule has 3 aromatic rings. The van der Waals surface area contributed by atoms with E-state index in [0.717, 1.165) is 0 Å². The highest BCUT2D eigenvalue weighted by atomic mass is 16.6. The monoisotopic (exact) mass is 407 g/mol. The first kappa shape index (κ1) is 20.5. The number of nitrogens with one attached hydrogen (secondary N) is 1. The van der Waals surface area contributed by atoms with E-state index in [1.807, 2.05) is 0 Å². The van der Waals surface area contributed by atoms with Gasteiger partial charge in [-0.3, -0.25) is 25.0 Å². The average Bonchev–Trinajstić information content (AvgIpc) is 2.74. The highest BCUT2D eigenvalue weighted by Crippen LogP contribution is 2.29. The molecule has 1 amide bonds. The van der Waals surface area contributed by atoms with Crippen LogP contribution in [-0.2, 0) is 4.79 Å². The normalized spacial score (nSPS) is 11.4. The number of carbonyl (C=O) groups is 1. The smallest absolute Gasteiger partial charge is 0.293 e. The Morgan fingerprint density at radius 3 is 2.20 bits per heavy atom. The van der Waals surface area contributed by atoms with Gasteiger partial charge in [-0.2, -0.15) is 0 Å². The fourth-order valence-corrected chi connectivity index (χ4v) is 2.78. The number of nitro groups is 2. The van der Waals surface area contributed by atoms with E-state index in [9.17, 15) is 25.0 Å². The van der Waals surface area contributed by atoms with Crippen molar-refractivity contribution in [3.05, 3.63) is 104 Å². The van der Waals surface area contributed by atoms with Crippen molar-refractivity contribution < 1.29 is 19.4 Å². The van der Waals surface area contributed by atoms with E-state index in [1.54, 1.807) is 43.3 Å². The Morgan fingerprint density at radius 2 is 1.60 bits per heavy atom. The van der Waals surface area contributed by atoms with Crippen LogP contribution in [0.5, 0.6) is 5.75 Å². The second-order valence-electron chi connectivity index (χ2n) is 6.43. The molecular weight excluding hydrogens is 390 g/mol. The molecule has 0 aliphatic heterocycles.